The highest BCUT2D eigenvalue weighted by Gasteiger charge is 2.35. The van der Waals surface area contributed by atoms with Gasteiger partial charge in [0.25, 0.3) is 0 Å². The van der Waals surface area contributed by atoms with Gasteiger partial charge in [-0.1, -0.05) is 23.8 Å². The maximum Gasteiger partial charge on any atom is 0.428 e. The van der Waals surface area contributed by atoms with E-state index in [9.17, 15) is 27.1 Å². The fourth-order valence-electron chi connectivity index (χ4n) is 3.91. The molecule has 2 aliphatic rings. The van der Waals surface area contributed by atoms with Crippen LogP contribution in [-0.4, -0.2) is 29.4 Å². The zero-order chi connectivity index (χ0) is 24.2. The lowest BCUT2D eigenvalue weighted by atomic mass is 9.86. The van der Waals surface area contributed by atoms with Gasteiger partial charge >= 0.3 is 6.18 Å². The molecule has 4 unspecified atom stereocenters. The summed E-state index contributed by atoms with van der Waals surface area (Å²) < 4.78 is 66.3. The maximum atomic E-state index is 14.5. The smallest absolute Gasteiger partial charge is 0.378 e. The fourth-order valence-corrected chi connectivity index (χ4v) is 3.91. The van der Waals surface area contributed by atoms with Crippen LogP contribution >= 0.6 is 0 Å². The lowest BCUT2D eigenvalue weighted by Gasteiger charge is -2.35. The van der Waals surface area contributed by atoms with Gasteiger partial charge in [-0.3, -0.25) is 10.6 Å². The Morgan fingerprint density at radius 1 is 1.18 bits per heavy atom. The van der Waals surface area contributed by atoms with E-state index in [4.69, 9.17) is 10.7 Å². The third-order valence-electron chi connectivity index (χ3n) is 5.65. The van der Waals surface area contributed by atoms with Crippen molar-refractivity contribution in [2.75, 3.05) is 0 Å². The van der Waals surface area contributed by atoms with Gasteiger partial charge in [0.2, 0.25) is 0 Å². The number of nitriles is 1. The molecule has 33 heavy (non-hydrogen) atoms. The van der Waals surface area contributed by atoms with E-state index in [1.165, 1.54) is 6.08 Å². The van der Waals surface area contributed by atoms with Crippen LogP contribution in [0, 0.1) is 22.7 Å². The molecule has 1 aliphatic heterocycles. The molecule has 1 fully saturated rings. The molecule has 5 nitrogen and oxygen atoms in total. The molecule has 176 valence electrons. The second-order valence-corrected chi connectivity index (χ2v) is 7.97. The van der Waals surface area contributed by atoms with Gasteiger partial charge < -0.3 is 10.5 Å². The number of hydrogen-bond donors (Lipinski definition) is 4. The molecular formula is C23H23F5N4O. The Morgan fingerprint density at radius 2 is 1.88 bits per heavy atom. The van der Waals surface area contributed by atoms with E-state index in [2.05, 4.69) is 10.6 Å². The molecule has 10 heteroatoms. The van der Waals surface area contributed by atoms with Crippen LogP contribution in [0.2, 0.25) is 0 Å². The molecule has 1 saturated heterocycles. The first-order valence-corrected chi connectivity index (χ1v) is 10.3. The summed E-state index contributed by atoms with van der Waals surface area (Å²) in [5.41, 5.74) is 0.0931. The van der Waals surface area contributed by atoms with E-state index >= 15 is 0 Å². The van der Waals surface area contributed by atoms with Gasteiger partial charge in [0, 0.05) is 24.5 Å². The van der Waals surface area contributed by atoms with Gasteiger partial charge in [-0.25, -0.2) is 8.78 Å². The number of nitrogens with zero attached hydrogens (tertiary/aromatic N) is 1. The van der Waals surface area contributed by atoms with Crippen molar-refractivity contribution < 1.29 is 27.1 Å². The lowest BCUT2D eigenvalue weighted by molar-refractivity contribution is -0.0612. The number of halogens is 5. The quantitative estimate of drug-likeness (QED) is 0.274. The largest absolute Gasteiger partial charge is 0.428 e. The highest BCUT2D eigenvalue weighted by atomic mass is 19.4. The molecule has 0 amide bonds. The highest BCUT2D eigenvalue weighted by Crippen LogP contribution is 2.35. The Morgan fingerprint density at radius 3 is 2.48 bits per heavy atom. The molecule has 3 rings (SSSR count). The van der Waals surface area contributed by atoms with Crippen molar-refractivity contribution >= 4 is 5.71 Å². The van der Waals surface area contributed by atoms with E-state index in [1.54, 1.807) is 24.3 Å². The molecular weight excluding hydrogens is 443 g/mol. The number of alkyl halides is 3. The number of rotatable bonds is 6. The summed E-state index contributed by atoms with van der Waals surface area (Å²) in [4.78, 5) is 0. The van der Waals surface area contributed by atoms with Crippen molar-refractivity contribution in [3.05, 3.63) is 70.8 Å². The van der Waals surface area contributed by atoms with Gasteiger partial charge in [-0.05, 0) is 43.0 Å². The molecule has 0 radical (unpaired) electrons. The number of aliphatic hydroxyl groups is 1. The number of aliphatic hydroxyl groups excluding tert-OH is 1. The standard InChI is InChI=1S/C23H23F5N4O/c24-16-6-7-17(18(25)10-16)15(5-8-20(30)23(26,27)28)9-21-31-19(11-22(33)32-21)14-3-1-13(12-29)2-4-14/h1-4,6,9-10,17,19,21-22,30-33H,5,7-8,11H2. The summed E-state index contributed by atoms with van der Waals surface area (Å²) in [5, 5.41) is 32.5. The minimum Gasteiger partial charge on any atom is -0.378 e. The summed E-state index contributed by atoms with van der Waals surface area (Å²) >= 11 is 0. The summed E-state index contributed by atoms with van der Waals surface area (Å²) in [6, 6.07) is 8.41. The monoisotopic (exact) mass is 466 g/mol. The first kappa shape index (κ1) is 24.8. The van der Waals surface area contributed by atoms with Crippen LogP contribution < -0.4 is 10.6 Å². The van der Waals surface area contributed by atoms with Crippen molar-refractivity contribution in [1.29, 1.82) is 10.7 Å². The van der Waals surface area contributed by atoms with Crippen molar-refractivity contribution in [3.63, 3.8) is 0 Å². The summed E-state index contributed by atoms with van der Waals surface area (Å²) in [7, 11) is 0. The van der Waals surface area contributed by atoms with Crippen LogP contribution in [0.15, 0.2) is 59.7 Å². The van der Waals surface area contributed by atoms with Crippen molar-refractivity contribution in [2.24, 2.45) is 5.92 Å². The zero-order valence-electron chi connectivity index (χ0n) is 17.5. The van der Waals surface area contributed by atoms with Gasteiger partial charge in [-0.2, -0.15) is 18.4 Å². The van der Waals surface area contributed by atoms with Gasteiger partial charge in [0.05, 0.1) is 17.8 Å². The number of benzene rings is 1. The third-order valence-corrected chi connectivity index (χ3v) is 5.65. The van der Waals surface area contributed by atoms with E-state index in [-0.39, 0.29) is 30.9 Å². The second kappa shape index (κ2) is 10.4. The van der Waals surface area contributed by atoms with E-state index in [0.29, 0.717) is 11.6 Å². The Labute approximate surface area is 187 Å². The van der Waals surface area contributed by atoms with Gasteiger partial charge in [0.15, 0.2) is 0 Å². The van der Waals surface area contributed by atoms with Gasteiger partial charge in [-0.15, -0.1) is 0 Å². The van der Waals surface area contributed by atoms with Crippen LogP contribution in [0.4, 0.5) is 22.0 Å². The summed E-state index contributed by atoms with van der Waals surface area (Å²) in [5.74, 6) is -2.52. The first-order valence-electron chi connectivity index (χ1n) is 10.3. The SMILES string of the molecule is N#Cc1ccc(C2CC(O)NC(C=C(CCC(=N)C(F)(F)F)C3CC=C(F)C=C3F)N2)cc1. The molecule has 1 aromatic carbocycles. The van der Waals surface area contributed by atoms with Crippen molar-refractivity contribution in [1.82, 2.24) is 10.6 Å². The summed E-state index contributed by atoms with van der Waals surface area (Å²) in [6.07, 6.45) is -3.77. The second-order valence-electron chi connectivity index (χ2n) is 7.97. The first-order chi connectivity index (χ1) is 15.6. The number of allylic oxidation sites excluding steroid dienone is 5. The third kappa shape index (κ3) is 6.57. The Bertz CT molecular complexity index is 1010. The van der Waals surface area contributed by atoms with Crippen LogP contribution in [0.1, 0.15) is 42.9 Å². The molecule has 1 aromatic rings. The average molecular weight is 466 g/mol. The molecule has 0 aromatic heterocycles. The highest BCUT2D eigenvalue weighted by molar-refractivity contribution is 5.86. The Hall–Kier alpha value is -2.87. The molecule has 0 spiro atoms. The van der Waals surface area contributed by atoms with Crippen LogP contribution in [0.3, 0.4) is 0 Å². The average Bonchev–Trinajstić information content (AvgIpc) is 2.75. The van der Waals surface area contributed by atoms with Crippen LogP contribution in [-0.2, 0) is 0 Å². The predicted molar refractivity (Wildman–Crippen MR) is 112 cm³/mol. The minimum atomic E-state index is -4.78. The van der Waals surface area contributed by atoms with E-state index in [1.807, 2.05) is 6.07 Å². The minimum absolute atomic E-state index is 0.0618. The zero-order valence-corrected chi connectivity index (χ0v) is 17.5. The topological polar surface area (TPSA) is 91.9 Å². The van der Waals surface area contributed by atoms with Crippen molar-refractivity contribution in [2.45, 2.75) is 50.3 Å². The Kier molecular flexibility index (Phi) is 7.79. The van der Waals surface area contributed by atoms with Gasteiger partial charge in [0.1, 0.15) is 23.6 Å². The molecule has 1 heterocycles. The van der Waals surface area contributed by atoms with Crippen LogP contribution in [0.25, 0.3) is 0 Å². The normalized spacial score (nSPS) is 26.3. The molecule has 4 N–H and O–H groups in total. The predicted octanol–water partition coefficient (Wildman–Crippen LogP) is 4.84. The van der Waals surface area contributed by atoms with E-state index in [0.717, 1.165) is 11.6 Å². The lowest BCUT2D eigenvalue weighted by Crippen LogP contribution is -2.54. The molecule has 4 atom stereocenters. The summed E-state index contributed by atoms with van der Waals surface area (Å²) in [6.45, 7) is 0. The van der Waals surface area contributed by atoms with Crippen molar-refractivity contribution in [3.8, 4) is 6.07 Å². The molecule has 0 bridgehead atoms. The molecule has 0 saturated carbocycles. The number of nitrogens with one attached hydrogen (secondary N) is 3. The van der Waals surface area contributed by atoms with E-state index < -0.39 is 48.3 Å². The fraction of sp³-hybridized carbons (Fsp3) is 0.391. The maximum absolute atomic E-state index is 14.5. The van der Waals surface area contributed by atoms with Crippen LogP contribution in [0.5, 0.6) is 0 Å². The Balaban J connectivity index is 1.83. The number of hydrogen-bond acceptors (Lipinski definition) is 5. The molecule has 1 aliphatic carbocycles.